The van der Waals surface area contributed by atoms with Gasteiger partial charge in [0.1, 0.15) is 5.82 Å². The first kappa shape index (κ1) is 20.0. The van der Waals surface area contributed by atoms with Gasteiger partial charge in [-0.1, -0.05) is 61.9 Å². The predicted molar refractivity (Wildman–Crippen MR) is 109 cm³/mol. The minimum atomic E-state index is -0.135. The molecule has 1 aliphatic rings. The largest absolute Gasteiger partial charge is 0.378 e. The van der Waals surface area contributed by atoms with E-state index in [0.717, 1.165) is 38.0 Å². The van der Waals surface area contributed by atoms with E-state index >= 15 is 0 Å². The van der Waals surface area contributed by atoms with Crippen molar-refractivity contribution in [1.29, 1.82) is 0 Å². The Kier molecular flexibility index (Phi) is 6.67. The van der Waals surface area contributed by atoms with Gasteiger partial charge in [-0.2, -0.15) is 0 Å². The fraction of sp³-hybridized carbons (Fsp3) is 0.500. The molecule has 1 aliphatic heterocycles. The van der Waals surface area contributed by atoms with Gasteiger partial charge in [-0.15, -0.1) is 0 Å². The van der Waals surface area contributed by atoms with Crippen LogP contribution in [0, 0.1) is 18.7 Å². The van der Waals surface area contributed by atoms with Gasteiger partial charge >= 0.3 is 0 Å². The Morgan fingerprint density at radius 1 is 1.15 bits per heavy atom. The van der Waals surface area contributed by atoms with E-state index in [2.05, 4.69) is 50.4 Å². The summed E-state index contributed by atoms with van der Waals surface area (Å²) in [6, 6.07) is 16.0. The SMILES string of the molecule is Cc1ccc([C@@]2(CCNCc3ccccc3F)CCO[C@H](C(C)C)C2)cc1. The van der Waals surface area contributed by atoms with Crippen LogP contribution in [0.2, 0.25) is 0 Å². The summed E-state index contributed by atoms with van der Waals surface area (Å²) in [5.74, 6) is 0.380. The van der Waals surface area contributed by atoms with Crippen molar-refractivity contribution >= 4 is 0 Å². The molecule has 0 aromatic heterocycles. The molecule has 0 saturated carbocycles. The molecule has 27 heavy (non-hydrogen) atoms. The van der Waals surface area contributed by atoms with Crippen LogP contribution in [0.5, 0.6) is 0 Å². The Morgan fingerprint density at radius 2 is 1.89 bits per heavy atom. The van der Waals surface area contributed by atoms with Gasteiger partial charge in [0.2, 0.25) is 0 Å². The quantitative estimate of drug-likeness (QED) is 0.661. The van der Waals surface area contributed by atoms with Crippen LogP contribution in [0.15, 0.2) is 48.5 Å². The van der Waals surface area contributed by atoms with Crippen molar-refractivity contribution in [2.24, 2.45) is 5.92 Å². The first-order chi connectivity index (χ1) is 13.0. The van der Waals surface area contributed by atoms with Crippen molar-refractivity contribution in [2.45, 2.75) is 58.1 Å². The molecule has 0 unspecified atom stereocenters. The summed E-state index contributed by atoms with van der Waals surface area (Å²) in [5, 5.41) is 3.46. The van der Waals surface area contributed by atoms with Crippen LogP contribution in [0.25, 0.3) is 0 Å². The van der Waals surface area contributed by atoms with Crippen LogP contribution in [0.4, 0.5) is 4.39 Å². The predicted octanol–water partition coefficient (Wildman–Crippen LogP) is 5.39. The molecule has 1 fully saturated rings. The van der Waals surface area contributed by atoms with Crippen LogP contribution in [-0.4, -0.2) is 19.3 Å². The van der Waals surface area contributed by atoms with Crippen LogP contribution < -0.4 is 5.32 Å². The molecule has 146 valence electrons. The lowest BCUT2D eigenvalue weighted by Gasteiger charge is -2.43. The first-order valence-corrected chi connectivity index (χ1v) is 10.1. The van der Waals surface area contributed by atoms with E-state index in [1.54, 1.807) is 6.07 Å². The zero-order valence-electron chi connectivity index (χ0n) is 16.8. The summed E-state index contributed by atoms with van der Waals surface area (Å²) in [5.41, 5.74) is 3.56. The molecular formula is C24H32FNO. The molecule has 2 aromatic rings. The van der Waals surface area contributed by atoms with Crippen molar-refractivity contribution < 1.29 is 9.13 Å². The molecule has 3 heteroatoms. The lowest BCUT2D eigenvalue weighted by molar-refractivity contribution is -0.0469. The Balaban J connectivity index is 1.70. The van der Waals surface area contributed by atoms with Crippen molar-refractivity contribution in [3.63, 3.8) is 0 Å². The minimum Gasteiger partial charge on any atom is -0.378 e. The summed E-state index contributed by atoms with van der Waals surface area (Å²) in [6.07, 6.45) is 3.43. The lowest BCUT2D eigenvalue weighted by Crippen LogP contribution is -2.42. The van der Waals surface area contributed by atoms with Gasteiger partial charge in [0.15, 0.2) is 0 Å². The van der Waals surface area contributed by atoms with Crippen molar-refractivity contribution in [3.05, 3.63) is 71.0 Å². The standard InChI is InChI=1S/C24H32FNO/c1-18(2)23-16-24(13-15-27-23,21-10-8-19(3)9-11-21)12-14-26-17-20-6-4-5-7-22(20)25/h4-11,18,23,26H,12-17H2,1-3H3/t23-,24-/m0/s1. The monoisotopic (exact) mass is 369 g/mol. The highest BCUT2D eigenvalue weighted by atomic mass is 19.1. The van der Waals surface area contributed by atoms with Gasteiger partial charge < -0.3 is 10.1 Å². The lowest BCUT2D eigenvalue weighted by atomic mass is 9.68. The average Bonchev–Trinajstić information content (AvgIpc) is 2.67. The van der Waals surface area contributed by atoms with Crippen LogP contribution in [0.1, 0.15) is 49.8 Å². The maximum absolute atomic E-state index is 13.8. The normalized spacial score (nSPS) is 22.9. The second kappa shape index (κ2) is 8.99. The highest BCUT2D eigenvalue weighted by Gasteiger charge is 2.39. The number of ether oxygens (including phenoxy) is 1. The summed E-state index contributed by atoms with van der Waals surface area (Å²) in [7, 11) is 0. The van der Waals surface area contributed by atoms with Gasteiger partial charge in [0.25, 0.3) is 0 Å². The Labute approximate surface area is 163 Å². The van der Waals surface area contributed by atoms with E-state index in [1.165, 1.54) is 17.2 Å². The minimum absolute atomic E-state index is 0.128. The number of nitrogens with one attached hydrogen (secondary N) is 1. The molecule has 1 N–H and O–H groups in total. The second-order valence-electron chi connectivity index (χ2n) is 8.27. The topological polar surface area (TPSA) is 21.3 Å². The Morgan fingerprint density at radius 3 is 2.59 bits per heavy atom. The number of aryl methyl sites for hydroxylation is 1. The molecule has 0 spiro atoms. The summed E-state index contributed by atoms with van der Waals surface area (Å²) < 4.78 is 19.9. The summed E-state index contributed by atoms with van der Waals surface area (Å²) in [6.45, 7) is 8.86. The molecule has 0 radical (unpaired) electrons. The van der Waals surface area contributed by atoms with E-state index in [4.69, 9.17) is 4.74 Å². The Bertz CT molecular complexity index is 727. The molecule has 2 aromatic carbocycles. The zero-order valence-corrected chi connectivity index (χ0v) is 16.8. The summed E-state index contributed by atoms with van der Waals surface area (Å²) >= 11 is 0. The first-order valence-electron chi connectivity index (χ1n) is 10.1. The molecule has 0 bridgehead atoms. The third kappa shape index (κ3) is 4.97. The third-order valence-corrected chi connectivity index (χ3v) is 5.97. The van der Waals surface area contributed by atoms with Gasteiger partial charge in [0, 0.05) is 24.1 Å². The number of rotatable bonds is 7. The highest BCUT2D eigenvalue weighted by Crippen LogP contribution is 2.41. The molecule has 1 heterocycles. The third-order valence-electron chi connectivity index (χ3n) is 5.97. The van der Waals surface area contributed by atoms with Gasteiger partial charge in [-0.05, 0) is 50.3 Å². The number of hydrogen-bond donors (Lipinski definition) is 1. The van der Waals surface area contributed by atoms with E-state index in [-0.39, 0.29) is 11.2 Å². The molecule has 3 rings (SSSR count). The molecule has 0 amide bonds. The summed E-state index contributed by atoms with van der Waals surface area (Å²) in [4.78, 5) is 0. The van der Waals surface area contributed by atoms with Crippen molar-refractivity contribution in [2.75, 3.05) is 13.2 Å². The Hall–Kier alpha value is -1.71. The molecule has 2 nitrogen and oxygen atoms in total. The van der Waals surface area contributed by atoms with E-state index in [0.29, 0.717) is 18.6 Å². The average molecular weight is 370 g/mol. The van der Waals surface area contributed by atoms with E-state index in [9.17, 15) is 4.39 Å². The van der Waals surface area contributed by atoms with Crippen LogP contribution in [-0.2, 0) is 16.7 Å². The second-order valence-corrected chi connectivity index (χ2v) is 8.27. The number of halogens is 1. The van der Waals surface area contributed by atoms with Gasteiger partial charge in [-0.25, -0.2) is 4.39 Å². The van der Waals surface area contributed by atoms with Crippen LogP contribution in [0.3, 0.4) is 0 Å². The van der Waals surface area contributed by atoms with Crippen molar-refractivity contribution in [3.8, 4) is 0 Å². The van der Waals surface area contributed by atoms with Crippen LogP contribution >= 0.6 is 0 Å². The van der Waals surface area contributed by atoms with Gasteiger partial charge in [0.05, 0.1) is 6.10 Å². The molecule has 2 atom stereocenters. The fourth-order valence-electron chi connectivity index (χ4n) is 4.11. The van der Waals surface area contributed by atoms with Gasteiger partial charge in [-0.3, -0.25) is 0 Å². The smallest absolute Gasteiger partial charge is 0.127 e. The highest BCUT2D eigenvalue weighted by molar-refractivity contribution is 5.30. The van der Waals surface area contributed by atoms with E-state index < -0.39 is 0 Å². The van der Waals surface area contributed by atoms with E-state index in [1.807, 2.05) is 12.1 Å². The zero-order chi connectivity index (χ0) is 19.3. The maximum Gasteiger partial charge on any atom is 0.127 e. The molecular weight excluding hydrogens is 337 g/mol. The molecule has 1 saturated heterocycles. The number of hydrogen-bond acceptors (Lipinski definition) is 2. The fourth-order valence-corrected chi connectivity index (χ4v) is 4.11. The maximum atomic E-state index is 13.8. The van der Waals surface area contributed by atoms with Crippen molar-refractivity contribution in [1.82, 2.24) is 5.32 Å². The number of benzene rings is 2. The molecule has 0 aliphatic carbocycles.